The number of carbonyl (C=O) groups excluding carboxylic acids is 2. The molecule has 164 valence electrons. The van der Waals surface area contributed by atoms with Crippen molar-refractivity contribution in [1.29, 1.82) is 0 Å². The first-order valence-corrected chi connectivity index (χ1v) is 10.1. The normalized spacial score (nSPS) is 17.6. The van der Waals surface area contributed by atoms with Crippen LogP contribution in [-0.2, 0) is 9.59 Å². The number of rotatable bonds is 6. The molecule has 8 heteroatoms. The summed E-state index contributed by atoms with van der Waals surface area (Å²) in [5.74, 6) is -0.0880. The minimum atomic E-state index is -0.902. The number of aliphatic hydroxyl groups excluding tert-OH is 1. The van der Waals surface area contributed by atoms with Crippen LogP contribution in [-0.4, -0.2) is 35.7 Å². The predicted molar refractivity (Wildman–Crippen MR) is 117 cm³/mol. The van der Waals surface area contributed by atoms with Crippen molar-refractivity contribution in [2.45, 2.75) is 19.9 Å². The van der Waals surface area contributed by atoms with Crippen LogP contribution in [0, 0.1) is 6.92 Å². The molecule has 0 saturated carbocycles. The molecule has 0 radical (unpaired) electrons. The van der Waals surface area contributed by atoms with E-state index in [1.165, 1.54) is 12.0 Å². The fraction of sp³-hybridized carbons (Fsp3) is 0.208. The molecule has 0 bridgehead atoms. The Balaban J connectivity index is 1.90. The molecule has 1 amide bonds. The van der Waals surface area contributed by atoms with Crippen LogP contribution in [0.1, 0.15) is 29.9 Å². The molecule has 1 aromatic heterocycles. The molecule has 4 rings (SSSR count). The Labute approximate surface area is 184 Å². The summed E-state index contributed by atoms with van der Waals surface area (Å²) in [4.78, 5) is 27.4. The van der Waals surface area contributed by atoms with E-state index in [1.54, 1.807) is 61.5 Å². The topological polar surface area (TPSA) is 102 Å². The second kappa shape index (κ2) is 8.58. The number of hydrogen-bond acceptors (Lipinski definition) is 7. The monoisotopic (exact) mass is 434 g/mol. The molecule has 2 aromatic carbocycles. The van der Waals surface area contributed by atoms with Crippen LogP contribution >= 0.6 is 0 Å². The van der Waals surface area contributed by atoms with Crippen molar-refractivity contribution >= 4 is 23.3 Å². The number of aromatic nitrogens is 1. The van der Waals surface area contributed by atoms with E-state index in [9.17, 15) is 14.7 Å². The van der Waals surface area contributed by atoms with Crippen LogP contribution in [0.3, 0.4) is 0 Å². The standard InChI is InChI=1S/C24H22N2O6/c1-4-31-17-10-8-15(9-11-17)21-20(22(27)16-6-5-7-18(13-16)30-3)23(28)24(29)26(21)19-12-14(2)32-25-19/h5-13,21,27H,4H2,1-3H3. The van der Waals surface area contributed by atoms with Gasteiger partial charge >= 0.3 is 5.91 Å². The number of aliphatic hydroxyl groups is 1. The number of nitrogens with zero attached hydrogens (tertiary/aromatic N) is 2. The maximum absolute atomic E-state index is 13.1. The molecular weight excluding hydrogens is 412 g/mol. The van der Waals surface area contributed by atoms with Gasteiger partial charge in [0.05, 0.1) is 25.3 Å². The summed E-state index contributed by atoms with van der Waals surface area (Å²) in [5.41, 5.74) is 0.917. The molecule has 0 spiro atoms. The highest BCUT2D eigenvalue weighted by atomic mass is 16.5. The van der Waals surface area contributed by atoms with Gasteiger partial charge < -0.3 is 19.1 Å². The number of ketones is 1. The largest absolute Gasteiger partial charge is 0.507 e. The molecule has 8 nitrogen and oxygen atoms in total. The van der Waals surface area contributed by atoms with Crippen molar-refractivity contribution in [3.8, 4) is 11.5 Å². The Morgan fingerprint density at radius 2 is 1.88 bits per heavy atom. The molecule has 1 aliphatic heterocycles. The van der Waals surface area contributed by atoms with Crippen molar-refractivity contribution in [1.82, 2.24) is 5.16 Å². The molecule has 1 unspecified atom stereocenters. The molecule has 1 saturated heterocycles. The molecule has 2 heterocycles. The molecule has 32 heavy (non-hydrogen) atoms. The van der Waals surface area contributed by atoms with Gasteiger partial charge in [-0.3, -0.25) is 14.5 Å². The first-order chi connectivity index (χ1) is 15.4. The molecule has 1 N–H and O–H groups in total. The zero-order chi connectivity index (χ0) is 22.8. The van der Waals surface area contributed by atoms with E-state index in [1.807, 2.05) is 6.92 Å². The summed E-state index contributed by atoms with van der Waals surface area (Å²) >= 11 is 0. The number of carbonyl (C=O) groups is 2. The fourth-order valence-corrected chi connectivity index (χ4v) is 3.69. The maximum atomic E-state index is 13.1. The van der Waals surface area contributed by atoms with Gasteiger partial charge in [0, 0.05) is 11.6 Å². The van der Waals surface area contributed by atoms with Crippen LogP contribution in [0.2, 0.25) is 0 Å². The number of hydrogen-bond donors (Lipinski definition) is 1. The van der Waals surface area contributed by atoms with Gasteiger partial charge in [-0.1, -0.05) is 29.4 Å². The van der Waals surface area contributed by atoms with Gasteiger partial charge in [0.15, 0.2) is 5.82 Å². The van der Waals surface area contributed by atoms with Gasteiger partial charge in [0.25, 0.3) is 5.78 Å². The summed E-state index contributed by atoms with van der Waals surface area (Å²) in [6.45, 7) is 4.07. The van der Waals surface area contributed by atoms with Gasteiger partial charge in [0.2, 0.25) is 0 Å². The zero-order valence-electron chi connectivity index (χ0n) is 17.9. The smallest absolute Gasteiger partial charge is 0.301 e. The lowest BCUT2D eigenvalue weighted by molar-refractivity contribution is -0.132. The van der Waals surface area contributed by atoms with E-state index >= 15 is 0 Å². The van der Waals surface area contributed by atoms with E-state index < -0.39 is 17.7 Å². The Morgan fingerprint density at radius 3 is 2.50 bits per heavy atom. The number of benzene rings is 2. The predicted octanol–water partition coefficient (Wildman–Crippen LogP) is 4.02. The van der Waals surface area contributed by atoms with Gasteiger partial charge in [-0.2, -0.15) is 0 Å². The molecule has 3 aromatic rings. The Hall–Kier alpha value is -4.07. The van der Waals surface area contributed by atoms with Crippen molar-refractivity contribution in [2.24, 2.45) is 0 Å². The van der Waals surface area contributed by atoms with Crippen LogP contribution in [0.15, 0.2) is 64.7 Å². The molecule has 0 aliphatic carbocycles. The maximum Gasteiger partial charge on any atom is 0.301 e. The Bertz CT molecular complexity index is 1200. The highest BCUT2D eigenvalue weighted by Gasteiger charge is 2.48. The average molecular weight is 434 g/mol. The first-order valence-electron chi connectivity index (χ1n) is 10.1. The summed E-state index contributed by atoms with van der Waals surface area (Å²) in [5, 5.41) is 15.1. The summed E-state index contributed by atoms with van der Waals surface area (Å²) in [6, 6.07) is 14.3. The minimum absolute atomic E-state index is 0.0481. The summed E-state index contributed by atoms with van der Waals surface area (Å²) < 4.78 is 15.9. The van der Waals surface area contributed by atoms with Gasteiger partial charge in [-0.05, 0) is 43.7 Å². The average Bonchev–Trinajstić information content (AvgIpc) is 3.34. The third-order valence-corrected chi connectivity index (χ3v) is 5.16. The van der Waals surface area contributed by atoms with Crippen LogP contribution in [0.25, 0.3) is 5.76 Å². The van der Waals surface area contributed by atoms with E-state index in [0.29, 0.717) is 35.0 Å². The Kier molecular flexibility index (Phi) is 5.68. The van der Waals surface area contributed by atoms with Crippen molar-refractivity contribution in [2.75, 3.05) is 18.6 Å². The third-order valence-electron chi connectivity index (χ3n) is 5.16. The second-order valence-electron chi connectivity index (χ2n) is 7.20. The minimum Gasteiger partial charge on any atom is -0.507 e. The molecular formula is C24H22N2O6. The van der Waals surface area contributed by atoms with Gasteiger partial charge in [0.1, 0.15) is 23.0 Å². The van der Waals surface area contributed by atoms with E-state index in [-0.39, 0.29) is 17.2 Å². The molecule has 1 fully saturated rings. The second-order valence-corrected chi connectivity index (χ2v) is 7.20. The van der Waals surface area contributed by atoms with Crippen molar-refractivity contribution in [3.05, 3.63) is 77.1 Å². The lowest BCUT2D eigenvalue weighted by Crippen LogP contribution is -2.29. The van der Waals surface area contributed by atoms with Crippen LogP contribution in [0.4, 0.5) is 5.82 Å². The van der Waals surface area contributed by atoms with Crippen molar-refractivity contribution in [3.63, 3.8) is 0 Å². The van der Waals surface area contributed by atoms with E-state index in [0.717, 1.165) is 0 Å². The summed E-state index contributed by atoms with van der Waals surface area (Å²) in [7, 11) is 1.50. The van der Waals surface area contributed by atoms with E-state index in [2.05, 4.69) is 5.16 Å². The number of anilines is 1. The third kappa shape index (κ3) is 3.71. The number of Topliss-reactive ketones (excluding diaryl/α,β-unsaturated/α-hetero) is 1. The van der Waals surface area contributed by atoms with Crippen LogP contribution in [0.5, 0.6) is 11.5 Å². The Morgan fingerprint density at radius 1 is 1.12 bits per heavy atom. The lowest BCUT2D eigenvalue weighted by atomic mass is 9.95. The fourth-order valence-electron chi connectivity index (χ4n) is 3.69. The van der Waals surface area contributed by atoms with E-state index in [4.69, 9.17) is 14.0 Å². The molecule has 1 aliphatic rings. The number of methoxy groups -OCH3 is 1. The number of ether oxygens (including phenoxy) is 2. The van der Waals surface area contributed by atoms with Gasteiger partial charge in [-0.15, -0.1) is 0 Å². The highest BCUT2D eigenvalue weighted by molar-refractivity contribution is 6.51. The first kappa shape index (κ1) is 21.2. The van der Waals surface area contributed by atoms with Crippen LogP contribution < -0.4 is 14.4 Å². The number of aryl methyl sites for hydroxylation is 1. The SMILES string of the molecule is CCOc1ccc(C2C(=C(O)c3cccc(OC)c3)C(=O)C(=O)N2c2cc(C)on2)cc1. The van der Waals surface area contributed by atoms with Crippen molar-refractivity contribution < 1.29 is 28.7 Å². The quantitative estimate of drug-likeness (QED) is 0.355. The molecule has 1 atom stereocenters. The number of amides is 1. The summed E-state index contributed by atoms with van der Waals surface area (Å²) in [6.07, 6.45) is 0. The van der Waals surface area contributed by atoms with Gasteiger partial charge in [-0.25, -0.2) is 0 Å². The lowest BCUT2D eigenvalue weighted by Gasteiger charge is -2.23. The zero-order valence-corrected chi connectivity index (χ0v) is 17.9. The highest BCUT2D eigenvalue weighted by Crippen LogP contribution is 2.42.